The molecular formula is C26H47NO2Si. The van der Waals surface area contributed by atoms with Crippen molar-refractivity contribution in [2.75, 3.05) is 18.5 Å². The third-order valence-electron chi connectivity index (χ3n) is 6.86. The number of anilines is 1. The van der Waals surface area contributed by atoms with Gasteiger partial charge in [0.2, 0.25) is 0 Å². The van der Waals surface area contributed by atoms with Crippen molar-refractivity contribution in [3.05, 3.63) is 29.8 Å². The number of esters is 1. The summed E-state index contributed by atoms with van der Waals surface area (Å²) in [4.78, 5) is 11.7. The SMILES string of the molecule is CCOC(=O)c1ccc(NCCCCCCCCCCC[Si](CC)(CC)CC)cc1. The average Bonchev–Trinajstić information content (AvgIpc) is 2.78. The van der Waals surface area contributed by atoms with Crippen LogP contribution in [0.3, 0.4) is 0 Å². The van der Waals surface area contributed by atoms with Gasteiger partial charge in [-0.05, 0) is 37.6 Å². The Bertz CT molecular complexity index is 546. The average molecular weight is 434 g/mol. The second-order valence-corrected chi connectivity index (χ2v) is 14.3. The fourth-order valence-corrected chi connectivity index (χ4v) is 7.87. The summed E-state index contributed by atoms with van der Waals surface area (Å²) in [6, 6.07) is 13.6. The zero-order chi connectivity index (χ0) is 22.1. The lowest BCUT2D eigenvalue weighted by Gasteiger charge is -2.28. The number of nitrogens with one attached hydrogen (secondary N) is 1. The van der Waals surface area contributed by atoms with E-state index < -0.39 is 8.07 Å². The summed E-state index contributed by atoms with van der Waals surface area (Å²) in [6.45, 7) is 10.5. The molecule has 4 heteroatoms. The van der Waals surface area contributed by atoms with E-state index in [1.54, 1.807) is 6.04 Å². The fourth-order valence-electron chi connectivity index (χ4n) is 4.31. The van der Waals surface area contributed by atoms with Crippen LogP contribution < -0.4 is 5.32 Å². The zero-order valence-electron chi connectivity index (χ0n) is 20.2. The van der Waals surface area contributed by atoms with Gasteiger partial charge >= 0.3 is 5.97 Å². The Labute approximate surface area is 187 Å². The summed E-state index contributed by atoms with van der Waals surface area (Å²) in [5.41, 5.74) is 1.69. The summed E-state index contributed by atoms with van der Waals surface area (Å²) in [7, 11) is -0.874. The molecule has 0 spiro atoms. The van der Waals surface area contributed by atoms with Crippen molar-refractivity contribution in [3.63, 3.8) is 0 Å². The van der Waals surface area contributed by atoms with Gasteiger partial charge in [-0.1, -0.05) is 96.3 Å². The molecule has 0 atom stereocenters. The highest BCUT2D eigenvalue weighted by molar-refractivity contribution is 6.79. The summed E-state index contributed by atoms with van der Waals surface area (Å²) < 4.78 is 5.01. The van der Waals surface area contributed by atoms with E-state index in [0.29, 0.717) is 12.2 Å². The maximum atomic E-state index is 11.7. The van der Waals surface area contributed by atoms with Crippen molar-refractivity contribution in [2.45, 2.75) is 110 Å². The van der Waals surface area contributed by atoms with Crippen LogP contribution in [0.5, 0.6) is 0 Å². The fraction of sp³-hybridized carbons (Fsp3) is 0.731. The molecule has 0 aliphatic carbocycles. The molecule has 1 rings (SSSR count). The van der Waals surface area contributed by atoms with E-state index in [9.17, 15) is 4.79 Å². The van der Waals surface area contributed by atoms with Crippen LogP contribution in [0.1, 0.15) is 95.8 Å². The van der Waals surface area contributed by atoms with Crippen molar-refractivity contribution in [1.82, 2.24) is 0 Å². The molecule has 3 nitrogen and oxygen atoms in total. The number of benzene rings is 1. The molecule has 1 aromatic rings. The highest BCUT2D eigenvalue weighted by atomic mass is 28.3. The van der Waals surface area contributed by atoms with Gasteiger partial charge in [-0.2, -0.15) is 0 Å². The number of hydrogen-bond donors (Lipinski definition) is 1. The van der Waals surface area contributed by atoms with Crippen LogP contribution in [0.2, 0.25) is 24.2 Å². The minimum absolute atomic E-state index is 0.248. The van der Waals surface area contributed by atoms with Gasteiger partial charge in [-0.25, -0.2) is 4.79 Å². The molecule has 30 heavy (non-hydrogen) atoms. The highest BCUT2D eigenvalue weighted by Crippen LogP contribution is 2.27. The molecule has 172 valence electrons. The lowest BCUT2D eigenvalue weighted by Crippen LogP contribution is -2.30. The second-order valence-electron chi connectivity index (χ2n) is 8.72. The van der Waals surface area contributed by atoms with Crippen molar-refractivity contribution in [1.29, 1.82) is 0 Å². The van der Waals surface area contributed by atoms with Crippen molar-refractivity contribution in [2.24, 2.45) is 0 Å². The number of carbonyl (C=O) groups is 1. The Morgan fingerprint density at radius 1 is 0.767 bits per heavy atom. The molecule has 0 saturated heterocycles. The van der Waals surface area contributed by atoms with Gasteiger partial charge in [0.15, 0.2) is 0 Å². The predicted molar refractivity (Wildman–Crippen MR) is 134 cm³/mol. The van der Waals surface area contributed by atoms with Gasteiger partial charge < -0.3 is 10.1 Å². The van der Waals surface area contributed by atoms with E-state index in [4.69, 9.17) is 4.74 Å². The predicted octanol–water partition coefficient (Wildman–Crippen LogP) is 8.29. The van der Waals surface area contributed by atoms with Gasteiger partial charge in [0.1, 0.15) is 0 Å². The third-order valence-corrected chi connectivity index (χ3v) is 12.8. The minimum atomic E-state index is -0.874. The monoisotopic (exact) mass is 433 g/mol. The molecule has 0 fully saturated rings. The molecule has 0 aliphatic heterocycles. The smallest absolute Gasteiger partial charge is 0.338 e. The van der Waals surface area contributed by atoms with E-state index >= 15 is 0 Å². The van der Waals surface area contributed by atoms with Crippen LogP contribution in [-0.2, 0) is 4.74 Å². The Kier molecular flexibility index (Phi) is 14.6. The molecule has 1 aromatic carbocycles. The van der Waals surface area contributed by atoms with Crippen LogP contribution in [-0.4, -0.2) is 27.2 Å². The van der Waals surface area contributed by atoms with E-state index in [2.05, 4.69) is 26.1 Å². The topological polar surface area (TPSA) is 38.3 Å². The normalized spacial score (nSPS) is 11.5. The molecule has 0 bridgehead atoms. The van der Waals surface area contributed by atoms with Gasteiger partial charge in [0.25, 0.3) is 0 Å². The molecular weight excluding hydrogens is 386 g/mol. The number of hydrogen-bond acceptors (Lipinski definition) is 3. The maximum Gasteiger partial charge on any atom is 0.338 e. The number of ether oxygens (including phenoxy) is 1. The second kappa shape index (κ2) is 16.4. The number of rotatable bonds is 18. The number of carbonyl (C=O) groups excluding carboxylic acids is 1. The first-order chi connectivity index (χ1) is 14.6. The summed E-state index contributed by atoms with van der Waals surface area (Å²) >= 11 is 0. The Hall–Kier alpha value is -1.29. The van der Waals surface area contributed by atoms with Crippen LogP contribution in [0.15, 0.2) is 24.3 Å². The van der Waals surface area contributed by atoms with Crippen LogP contribution in [0.25, 0.3) is 0 Å². The highest BCUT2D eigenvalue weighted by Gasteiger charge is 2.25. The Balaban J connectivity index is 1.97. The summed E-state index contributed by atoms with van der Waals surface area (Å²) in [5, 5.41) is 3.45. The summed E-state index contributed by atoms with van der Waals surface area (Å²) in [6.07, 6.45) is 12.4. The van der Waals surface area contributed by atoms with Gasteiger partial charge in [-0.15, -0.1) is 0 Å². The molecule has 1 N–H and O–H groups in total. The van der Waals surface area contributed by atoms with E-state index in [1.807, 2.05) is 31.2 Å². The quantitative estimate of drug-likeness (QED) is 0.144. The van der Waals surface area contributed by atoms with Crippen LogP contribution in [0, 0.1) is 0 Å². The first-order valence-electron chi connectivity index (χ1n) is 12.6. The first kappa shape index (κ1) is 26.7. The van der Waals surface area contributed by atoms with Crippen LogP contribution >= 0.6 is 0 Å². The van der Waals surface area contributed by atoms with Crippen molar-refractivity contribution < 1.29 is 9.53 Å². The molecule has 0 saturated carbocycles. The van der Waals surface area contributed by atoms with E-state index in [1.165, 1.54) is 75.9 Å². The first-order valence-corrected chi connectivity index (χ1v) is 15.4. The van der Waals surface area contributed by atoms with Crippen LogP contribution in [0.4, 0.5) is 5.69 Å². The number of unbranched alkanes of at least 4 members (excludes halogenated alkanes) is 8. The third kappa shape index (κ3) is 10.7. The lowest BCUT2D eigenvalue weighted by atomic mass is 10.1. The lowest BCUT2D eigenvalue weighted by molar-refractivity contribution is 0.0526. The molecule has 0 aliphatic rings. The molecule has 0 heterocycles. The molecule has 0 aromatic heterocycles. The van der Waals surface area contributed by atoms with Gasteiger partial charge in [0.05, 0.1) is 20.2 Å². The van der Waals surface area contributed by atoms with E-state index in [-0.39, 0.29) is 5.97 Å². The standard InChI is InChI=1S/C26H47NO2Si/c1-5-29-26(28)24-18-20-25(21-19-24)27-22-16-14-12-10-9-11-13-15-17-23-30(6-2,7-3)8-4/h18-21,27H,5-17,22-23H2,1-4H3. The van der Waals surface area contributed by atoms with Gasteiger partial charge in [0, 0.05) is 12.2 Å². The van der Waals surface area contributed by atoms with Crippen molar-refractivity contribution in [3.8, 4) is 0 Å². The summed E-state index contributed by atoms with van der Waals surface area (Å²) in [5.74, 6) is -0.248. The minimum Gasteiger partial charge on any atom is -0.462 e. The van der Waals surface area contributed by atoms with Gasteiger partial charge in [-0.3, -0.25) is 0 Å². The molecule has 0 amide bonds. The van der Waals surface area contributed by atoms with Crippen molar-refractivity contribution >= 4 is 19.7 Å². The largest absolute Gasteiger partial charge is 0.462 e. The maximum absolute atomic E-state index is 11.7. The zero-order valence-corrected chi connectivity index (χ0v) is 21.2. The molecule has 0 radical (unpaired) electrons. The molecule has 0 unspecified atom stereocenters. The van der Waals surface area contributed by atoms with E-state index in [0.717, 1.165) is 12.2 Å². The Morgan fingerprint density at radius 2 is 1.27 bits per heavy atom. The Morgan fingerprint density at radius 3 is 1.77 bits per heavy atom.